The Hall–Kier alpha value is -0.0500. The fraction of sp³-hybridized carbons (Fsp3) is 0.636. The fourth-order valence-electron chi connectivity index (χ4n) is 1.33. The number of thiophene rings is 1. The van der Waals surface area contributed by atoms with Gasteiger partial charge in [0.05, 0.1) is 4.34 Å². The second kappa shape index (κ2) is 6.44. The Kier molecular flexibility index (Phi) is 5.53. The van der Waals surface area contributed by atoms with Gasteiger partial charge in [-0.2, -0.15) is 0 Å². The van der Waals surface area contributed by atoms with E-state index in [1.807, 2.05) is 6.07 Å². The third-order valence-corrected chi connectivity index (χ3v) is 3.48. The number of hydrogen-bond donors (Lipinski definition) is 1. The van der Waals surface area contributed by atoms with Gasteiger partial charge in [0.25, 0.3) is 0 Å². The van der Waals surface area contributed by atoms with Crippen LogP contribution >= 0.6 is 22.9 Å². The molecule has 0 radical (unpaired) electrons. The van der Waals surface area contributed by atoms with Crippen molar-refractivity contribution < 1.29 is 0 Å². The average molecular weight is 232 g/mol. The largest absolute Gasteiger partial charge is 0.309 e. The van der Waals surface area contributed by atoms with Crippen LogP contribution in [0.25, 0.3) is 0 Å². The van der Waals surface area contributed by atoms with Crippen LogP contribution in [0, 0.1) is 0 Å². The molecular formula is C11H18ClNS. The van der Waals surface area contributed by atoms with E-state index in [-0.39, 0.29) is 0 Å². The van der Waals surface area contributed by atoms with Gasteiger partial charge >= 0.3 is 0 Å². The number of halogens is 1. The first-order valence-corrected chi connectivity index (χ1v) is 6.39. The van der Waals surface area contributed by atoms with Gasteiger partial charge in [0.15, 0.2) is 0 Å². The lowest BCUT2D eigenvalue weighted by atomic mass is 10.1. The molecular weight excluding hydrogens is 214 g/mol. The quantitative estimate of drug-likeness (QED) is 0.778. The van der Waals surface area contributed by atoms with Crippen LogP contribution in [0.1, 0.15) is 38.0 Å². The smallest absolute Gasteiger partial charge is 0.0931 e. The van der Waals surface area contributed by atoms with Crippen molar-refractivity contribution in [1.82, 2.24) is 5.32 Å². The molecule has 0 saturated carbocycles. The zero-order chi connectivity index (χ0) is 10.4. The van der Waals surface area contributed by atoms with Crippen molar-refractivity contribution in [2.75, 3.05) is 0 Å². The van der Waals surface area contributed by atoms with Crippen molar-refractivity contribution in [3.63, 3.8) is 0 Å². The summed E-state index contributed by atoms with van der Waals surface area (Å²) in [7, 11) is 0. The second-order valence-corrected chi connectivity index (χ2v) is 5.43. The van der Waals surface area contributed by atoms with E-state index in [2.05, 4.69) is 25.2 Å². The molecule has 1 rings (SSSR count). The van der Waals surface area contributed by atoms with Gasteiger partial charge in [0, 0.05) is 17.5 Å². The molecule has 0 fully saturated rings. The highest BCUT2D eigenvalue weighted by Crippen LogP contribution is 2.21. The fourth-order valence-corrected chi connectivity index (χ4v) is 2.37. The Labute approximate surface area is 95.5 Å². The van der Waals surface area contributed by atoms with E-state index < -0.39 is 0 Å². The molecule has 0 aliphatic heterocycles. The molecule has 1 N–H and O–H groups in total. The minimum Gasteiger partial charge on any atom is -0.309 e. The van der Waals surface area contributed by atoms with Gasteiger partial charge < -0.3 is 5.32 Å². The molecule has 0 aliphatic carbocycles. The van der Waals surface area contributed by atoms with Crippen molar-refractivity contribution >= 4 is 22.9 Å². The summed E-state index contributed by atoms with van der Waals surface area (Å²) < 4.78 is 0.878. The molecule has 3 heteroatoms. The van der Waals surface area contributed by atoms with E-state index in [0.29, 0.717) is 6.04 Å². The van der Waals surface area contributed by atoms with Gasteiger partial charge in [-0.05, 0) is 25.5 Å². The normalized spacial score (nSPS) is 13.1. The van der Waals surface area contributed by atoms with Crippen LogP contribution in [0.2, 0.25) is 4.34 Å². The van der Waals surface area contributed by atoms with E-state index >= 15 is 0 Å². The van der Waals surface area contributed by atoms with E-state index in [1.54, 1.807) is 11.3 Å². The Morgan fingerprint density at radius 1 is 1.50 bits per heavy atom. The van der Waals surface area contributed by atoms with Crippen LogP contribution in [-0.4, -0.2) is 6.04 Å². The lowest BCUT2D eigenvalue weighted by molar-refractivity contribution is 0.497. The van der Waals surface area contributed by atoms with Gasteiger partial charge in [0.2, 0.25) is 0 Å². The van der Waals surface area contributed by atoms with E-state index in [0.717, 1.165) is 10.9 Å². The van der Waals surface area contributed by atoms with Crippen LogP contribution in [0.15, 0.2) is 12.1 Å². The van der Waals surface area contributed by atoms with Gasteiger partial charge in [-0.1, -0.05) is 31.4 Å². The summed E-state index contributed by atoms with van der Waals surface area (Å²) in [5.41, 5.74) is 0. The van der Waals surface area contributed by atoms with Gasteiger partial charge in [-0.25, -0.2) is 0 Å². The van der Waals surface area contributed by atoms with Gasteiger partial charge in [0.1, 0.15) is 0 Å². The summed E-state index contributed by atoms with van der Waals surface area (Å²) in [6.45, 7) is 5.42. The molecule has 0 spiro atoms. The molecule has 0 amide bonds. The van der Waals surface area contributed by atoms with Crippen molar-refractivity contribution in [1.29, 1.82) is 0 Å². The predicted molar refractivity (Wildman–Crippen MR) is 65.2 cm³/mol. The SMILES string of the molecule is CCCCC(C)NCc1ccc(Cl)s1. The van der Waals surface area contributed by atoms with Crippen molar-refractivity contribution in [3.8, 4) is 0 Å². The molecule has 1 heterocycles. The molecule has 1 aromatic rings. The summed E-state index contributed by atoms with van der Waals surface area (Å²) in [5, 5.41) is 3.50. The summed E-state index contributed by atoms with van der Waals surface area (Å²) in [6.07, 6.45) is 3.84. The van der Waals surface area contributed by atoms with E-state index in [9.17, 15) is 0 Å². The molecule has 80 valence electrons. The lowest BCUT2D eigenvalue weighted by Gasteiger charge is -2.11. The minimum absolute atomic E-state index is 0.607. The molecule has 0 saturated heterocycles. The molecule has 0 bridgehead atoms. The van der Waals surface area contributed by atoms with E-state index in [4.69, 9.17) is 11.6 Å². The minimum atomic E-state index is 0.607. The van der Waals surface area contributed by atoms with Crippen LogP contribution in [0.3, 0.4) is 0 Å². The summed E-state index contributed by atoms with van der Waals surface area (Å²) in [5.74, 6) is 0. The maximum atomic E-state index is 5.85. The van der Waals surface area contributed by atoms with Crippen molar-refractivity contribution in [2.45, 2.75) is 45.7 Å². The first kappa shape index (κ1) is 12.0. The zero-order valence-corrected chi connectivity index (χ0v) is 10.4. The standard InChI is InChI=1S/C11H18ClNS/c1-3-4-5-9(2)13-8-10-6-7-11(12)14-10/h6-7,9,13H,3-5,8H2,1-2H3. The lowest BCUT2D eigenvalue weighted by Crippen LogP contribution is -2.24. The maximum absolute atomic E-state index is 5.85. The molecule has 0 aromatic carbocycles. The number of nitrogens with one attached hydrogen (secondary N) is 1. The van der Waals surface area contributed by atoms with Crippen LogP contribution in [0.4, 0.5) is 0 Å². The monoisotopic (exact) mass is 231 g/mol. The Balaban J connectivity index is 2.20. The maximum Gasteiger partial charge on any atom is 0.0931 e. The number of hydrogen-bond acceptors (Lipinski definition) is 2. The molecule has 14 heavy (non-hydrogen) atoms. The highest BCUT2D eigenvalue weighted by molar-refractivity contribution is 7.16. The third-order valence-electron chi connectivity index (χ3n) is 2.24. The highest BCUT2D eigenvalue weighted by atomic mass is 35.5. The van der Waals surface area contributed by atoms with E-state index in [1.165, 1.54) is 24.1 Å². The molecule has 0 aliphatic rings. The van der Waals surface area contributed by atoms with Crippen LogP contribution < -0.4 is 5.32 Å². The molecule has 1 nitrogen and oxygen atoms in total. The Bertz CT molecular complexity index is 260. The third kappa shape index (κ3) is 4.45. The topological polar surface area (TPSA) is 12.0 Å². The van der Waals surface area contributed by atoms with Gasteiger partial charge in [-0.15, -0.1) is 11.3 Å². The zero-order valence-electron chi connectivity index (χ0n) is 8.85. The number of unbranched alkanes of at least 4 members (excludes halogenated alkanes) is 1. The molecule has 1 aromatic heterocycles. The first-order valence-electron chi connectivity index (χ1n) is 5.20. The summed E-state index contributed by atoms with van der Waals surface area (Å²) in [4.78, 5) is 1.32. The van der Waals surface area contributed by atoms with Gasteiger partial charge in [-0.3, -0.25) is 0 Å². The number of rotatable bonds is 6. The summed E-state index contributed by atoms with van der Waals surface area (Å²) in [6, 6.07) is 4.66. The first-order chi connectivity index (χ1) is 6.72. The highest BCUT2D eigenvalue weighted by Gasteiger charge is 2.02. The van der Waals surface area contributed by atoms with Crippen molar-refractivity contribution in [3.05, 3.63) is 21.3 Å². The summed E-state index contributed by atoms with van der Waals surface area (Å²) >= 11 is 7.51. The van der Waals surface area contributed by atoms with Crippen molar-refractivity contribution in [2.24, 2.45) is 0 Å². The van der Waals surface area contributed by atoms with Crippen LogP contribution in [0.5, 0.6) is 0 Å². The average Bonchev–Trinajstić information content (AvgIpc) is 2.58. The Morgan fingerprint density at radius 3 is 2.86 bits per heavy atom. The van der Waals surface area contributed by atoms with Crippen LogP contribution in [-0.2, 0) is 6.54 Å². The Morgan fingerprint density at radius 2 is 2.29 bits per heavy atom. The predicted octanol–water partition coefficient (Wildman–Crippen LogP) is 4.07. The second-order valence-electron chi connectivity index (χ2n) is 3.63. The molecule has 1 atom stereocenters. The molecule has 1 unspecified atom stereocenters.